The second-order valence-corrected chi connectivity index (χ2v) is 7.03. The highest BCUT2D eigenvalue weighted by molar-refractivity contribution is 7.91. The first-order valence-electron chi connectivity index (χ1n) is 6.37. The molecule has 20 heavy (non-hydrogen) atoms. The molecule has 1 aliphatic rings. The van der Waals surface area contributed by atoms with Crippen LogP contribution in [0.2, 0.25) is 0 Å². The normalized spacial score (nSPS) is 18.4. The summed E-state index contributed by atoms with van der Waals surface area (Å²) < 4.78 is 28.3. The molecule has 110 valence electrons. The summed E-state index contributed by atoms with van der Waals surface area (Å²) in [5.41, 5.74) is 6.49. The Morgan fingerprint density at radius 2 is 2.05 bits per heavy atom. The molecule has 1 aliphatic heterocycles. The number of nitrogens with two attached hydrogens (primary N) is 1. The minimum Gasteiger partial charge on any atom is -0.496 e. The molecule has 1 amide bonds. The molecule has 2 N–H and O–H groups in total. The standard InChI is InChI=1S/C13H18N2O4S/c1-19-11-5-2-4-10(14)12(11)13(16)15-6-3-8-20(17,18)9-7-15/h2,4-5H,3,6-9,14H2,1H3. The molecular formula is C13H18N2O4S. The molecule has 1 aromatic rings. The predicted molar refractivity (Wildman–Crippen MR) is 76.6 cm³/mol. The van der Waals surface area contributed by atoms with Gasteiger partial charge in [-0.15, -0.1) is 0 Å². The summed E-state index contributed by atoms with van der Waals surface area (Å²) >= 11 is 0. The first-order valence-corrected chi connectivity index (χ1v) is 8.19. The van der Waals surface area contributed by atoms with Crippen molar-refractivity contribution in [2.45, 2.75) is 6.42 Å². The van der Waals surface area contributed by atoms with Crippen LogP contribution in [-0.4, -0.2) is 50.9 Å². The van der Waals surface area contributed by atoms with E-state index in [4.69, 9.17) is 10.5 Å². The van der Waals surface area contributed by atoms with E-state index in [1.165, 1.54) is 12.0 Å². The summed E-state index contributed by atoms with van der Waals surface area (Å²) in [6.45, 7) is 0.605. The van der Waals surface area contributed by atoms with Crippen LogP contribution in [0.1, 0.15) is 16.8 Å². The lowest BCUT2D eigenvalue weighted by Gasteiger charge is -2.21. The van der Waals surface area contributed by atoms with Gasteiger partial charge in [0.1, 0.15) is 11.3 Å². The number of amides is 1. The molecule has 0 atom stereocenters. The number of nitrogen functional groups attached to an aromatic ring is 1. The average Bonchev–Trinajstić information content (AvgIpc) is 2.58. The Bertz CT molecular complexity index is 613. The molecule has 0 aliphatic carbocycles. The number of hydrogen-bond acceptors (Lipinski definition) is 5. The van der Waals surface area contributed by atoms with Crippen LogP contribution in [0.3, 0.4) is 0 Å². The number of carbonyl (C=O) groups excluding carboxylic acids is 1. The molecule has 2 rings (SSSR count). The van der Waals surface area contributed by atoms with E-state index in [-0.39, 0.29) is 24.0 Å². The van der Waals surface area contributed by atoms with E-state index >= 15 is 0 Å². The van der Waals surface area contributed by atoms with Crippen molar-refractivity contribution in [2.75, 3.05) is 37.4 Å². The Balaban J connectivity index is 2.28. The number of hydrogen-bond donors (Lipinski definition) is 1. The number of rotatable bonds is 2. The summed E-state index contributed by atoms with van der Waals surface area (Å²) in [5, 5.41) is 0. The van der Waals surface area contributed by atoms with Crippen LogP contribution in [0.15, 0.2) is 18.2 Å². The lowest BCUT2D eigenvalue weighted by Crippen LogP contribution is -2.34. The van der Waals surface area contributed by atoms with Gasteiger partial charge in [0.2, 0.25) is 0 Å². The van der Waals surface area contributed by atoms with Crippen molar-refractivity contribution in [2.24, 2.45) is 0 Å². The van der Waals surface area contributed by atoms with Crippen LogP contribution in [0.5, 0.6) is 5.75 Å². The third-order valence-electron chi connectivity index (χ3n) is 3.34. The fourth-order valence-corrected chi connectivity index (χ4v) is 3.52. The third-order valence-corrected chi connectivity index (χ3v) is 5.05. The summed E-state index contributed by atoms with van der Waals surface area (Å²) in [6, 6.07) is 5.00. The molecule has 6 nitrogen and oxygen atoms in total. The second-order valence-electron chi connectivity index (χ2n) is 4.72. The first kappa shape index (κ1) is 14.6. The Hall–Kier alpha value is -1.76. The topological polar surface area (TPSA) is 89.7 Å². The highest BCUT2D eigenvalue weighted by atomic mass is 32.2. The van der Waals surface area contributed by atoms with Crippen molar-refractivity contribution in [3.05, 3.63) is 23.8 Å². The van der Waals surface area contributed by atoms with Gasteiger partial charge in [0, 0.05) is 18.8 Å². The lowest BCUT2D eigenvalue weighted by atomic mass is 10.1. The van der Waals surface area contributed by atoms with E-state index in [0.717, 1.165) is 0 Å². The molecule has 0 unspecified atom stereocenters. The molecule has 1 saturated heterocycles. The Morgan fingerprint density at radius 3 is 2.75 bits per heavy atom. The molecule has 1 fully saturated rings. The van der Waals surface area contributed by atoms with E-state index in [9.17, 15) is 13.2 Å². The maximum Gasteiger partial charge on any atom is 0.259 e. The van der Waals surface area contributed by atoms with Crippen LogP contribution < -0.4 is 10.5 Å². The summed E-state index contributed by atoms with van der Waals surface area (Å²) in [4.78, 5) is 14.1. The van der Waals surface area contributed by atoms with Crippen molar-refractivity contribution >= 4 is 21.4 Å². The van der Waals surface area contributed by atoms with Gasteiger partial charge >= 0.3 is 0 Å². The summed E-state index contributed by atoms with van der Waals surface area (Å²) in [6.07, 6.45) is 0.448. The van der Waals surface area contributed by atoms with E-state index in [2.05, 4.69) is 0 Å². The van der Waals surface area contributed by atoms with E-state index in [1.54, 1.807) is 18.2 Å². The molecule has 1 aromatic carbocycles. The van der Waals surface area contributed by atoms with Crippen LogP contribution in [0.4, 0.5) is 5.69 Å². The minimum atomic E-state index is -3.05. The Kier molecular flexibility index (Phi) is 4.17. The Morgan fingerprint density at radius 1 is 1.30 bits per heavy atom. The van der Waals surface area contributed by atoms with Gasteiger partial charge in [-0.05, 0) is 18.6 Å². The summed E-state index contributed by atoms with van der Waals surface area (Å²) in [7, 11) is -1.58. The highest BCUT2D eigenvalue weighted by Gasteiger charge is 2.26. The molecule has 1 heterocycles. The predicted octanol–water partition coefficient (Wildman–Crippen LogP) is 0.538. The molecular weight excluding hydrogens is 280 g/mol. The minimum absolute atomic E-state index is 0.00616. The van der Waals surface area contributed by atoms with Crippen molar-refractivity contribution in [3.8, 4) is 5.75 Å². The van der Waals surface area contributed by atoms with Gasteiger partial charge < -0.3 is 15.4 Å². The van der Waals surface area contributed by atoms with Gasteiger partial charge in [-0.25, -0.2) is 8.42 Å². The Labute approximate surface area is 118 Å². The number of methoxy groups -OCH3 is 1. The zero-order valence-electron chi connectivity index (χ0n) is 11.3. The molecule has 0 spiro atoms. The van der Waals surface area contributed by atoms with Gasteiger partial charge in [-0.3, -0.25) is 4.79 Å². The van der Waals surface area contributed by atoms with Gasteiger partial charge in [0.25, 0.3) is 5.91 Å². The number of sulfone groups is 1. The van der Waals surface area contributed by atoms with Crippen molar-refractivity contribution < 1.29 is 17.9 Å². The number of anilines is 1. The van der Waals surface area contributed by atoms with E-state index < -0.39 is 9.84 Å². The van der Waals surface area contributed by atoms with Crippen molar-refractivity contribution in [1.29, 1.82) is 0 Å². The SMILES string of the molecule is COc1cccc(N)c1C(=O)N1CCCS(=O)(=O)CC1. The zero-order chi connectivity index (χ0) is 14.8. The largest absolute Gasteiger partial charge is 0.496 e. The molecule has 7 heteroatoms. The monoisotopic (exact) mass is 298 g/mol. The maximum atomic E-state index is 12.5. The number of benzene rings is 1. The average molecular weight is 298 g/mol. The third kappa shape index (κ3) is 3.04. The van der Waals surface area contributed by atoms with Gasteiger partial charge in [-0.2, -0.15) is 0 Å². The fraction of sp³-hybridized carbons (Fsp3) is 0.462. The smallest absolute Gasteiger partial charge is 0.259 e. The number of nitrogens with zero attached hydrogens (tertiary/aromatic N) is 1. The zero-order valence-corrected chi connectivity index (χ0v) is 12.1. The second kappa shape index (κ2) is 5.70. The van der Waals surface area contributed by atoms with Crippen molar-refractivity contribution in [1.82, 2.24) is 4.90 Å². The lowest BCUT2D eigenvalue weighted by molar-refractivity contribution is 0.0766. The van der Waals surface area contributed by atoms with Crippen LogP contribution in [0.25, 0.3) is 0 Å². The summed E-state index contributed by atoms with van der Waals surface area (Å²) in [5.74, 6) is 0.241. The van der Waals surface area contributed by atoms with Crippen LogP contribution in [0, 0.1) is 0 Å². The van der Waals surface area contributed by atoms with Gasteiger partial charge in [0.15, 0.2) is 9.84 Å². The first-order chi connectivity index (χ1) is 9.44. The van der Waals surface area contributed by atoms with Crippen LogP contribution >= 0.6 is 0 Å². The van der Waals surface area contributed by atoms with E-state index in [1.807, 2.05) is 0 Å². The van der Waals surface area contributed by atoms with Gasteiger partial charge in [-0.1, -0.05) is 6.07 Å². The molecule has 0 bridgehead atoms. The number of ether oxygens (including phenoxy) is 1. The molecule has 0 radical (unpaired) electrons. The fourth-order valence-electron chi connectivity index (χ4n) is 2.25. The van der Waals surface area contributed by atoms with Crippen molar-refractivity contribution in [3.63, 3.8) is 0 Å². The highest BCUT2D eigenvalue weighted by Crippen LogP contribution is 2.26. The molecule has 0 aromatic heterocycles. The van der Waals surface area contributed by atoms with Gasteiger partial charge in [0.05, 0.1) is 18.6 Å². The molecule has 0 saturated carbocycles. The quantitative estimate of drug-likeness (QED) is 0.805. The van der Waals surface area contributed by atoms with Crippen LogP contribution in [-0.2, 0) is 9.84 Å². The van der Waals surface area contributed by atoms with E-state index in [0.29, 0.717) is 30.0 Å². The maximum absolute atomic E-state index is 12.5. The number of carbonyl (C=O) groups is 1.